The highest BCUT2D eigenvalue weighted by Crippen LogP contribution is 2.36. The van der Waals surface area contributed by atoms with Crippen molar-refractivity contribution in [2.24, 2.45) is 0 Å². The molecule has 0 spiro atoms. The van der Waals surface area contributed by atoms with Gasteiger partial charge in [0.25, 0.3) is 5.91 Å². The third-order valence-electron chi connectivity index (χ3n) is 5.34. The molecule has 2 aliphatic rings. The van der Waals surface area contributed by atoms with Crippen molar-refractivity contribution in [2.75, 3.05) is 18.8 Å². The Bertz CT molecular complexity index is 760. The molecular formula is C19H25N3OS. The number of carbonyl (C=O) groups is 1. The maximum Gasteiger partial charge on any atom is 0.266 e. The predicted molar refractivity (Wildman–Crippen MR) is 99.7 cm³/mol. The van der Waals surface area contributed by atoms with Crippen LogP contribution in [0.3, 0.4) is 0 Å². The van der Waals surface area contributed by atoms with Gasteiger partial charge in [-0.25, -0.2) is 4.98 Å². The van der Waals surface area contributed by atoms with Crippen LogP contribution in [0.4, 0.5) is 5.69 Å². The lowest BCUT2D eigenvalue weighted by Crippen LogP contribution is -2.31. The Labute approximate surface area is 147 Å². The van der Waals surface area contributed by atoms with Crippen LogP contribution in [0.5, 0.6) is 0 Å². The molecule has 1 aliphatic carbocycles. The molecule has 128 valence electrons. The molecule has 0 saturated carbocycles. The van der Waals surface area contributed by atoms with Gasteiger partial charge in [-0.15, -0.1) is 11.3 Å². The number of rotatable bonds is 1. The number of hydrogen-bond acceptors (Lipinski definition) is 4. The van der Waals surface area contributed by atoms with Gasteiger partial charge in [-0.05, 0) is 50.2 Å². The number of thiophene rings is 1. The first kappa shape index (κ1) is 15.9. The fourth-order valence-corrected chi connectivity index (χ4v) is 4.98. The predicted octanol–water partition coefficient (Wildman–Crippen LogP) is 4.16. The van der Waals surface area contributed by atoms with Crippen LogP contribution >= 0.6 is 11.3 Å². The first-order chi connectivity index (χ1) is 11.7. The van der Waals surface area contributed by atoms with Crippen LogP contribution in [-0.2, 0) is 12.8 Å². The summed E-state index contributed by atoms with van der Waals surface area (Å²) in [5.74, 6) is 0.104. The van der Waals surface area contributed by atoms with E-state index in [1.807, 2.05) is 4.90 Å². The van der Waals surface area contributed by atoms with Crippen molar-refractivity contribution in [3.8, 4) is 0 Å². The molecule has 0 bridgehead atoms. The molecule has 3 heterocycles. The molecule has 0 radical (unpaired) electrons. The molecule has 2 N–H and O–H groups in total. The van der Waals surface area contributed by atoms with E-state index in [-0.39, 0.29) is 5.91 Å². The van der Waals surface area contributed by atoms with Gasteiger partial charge in [0.1, 0.15) is 9.71 Å². The van der Waals surface area contributed by atoms with E-state index in [0.717, 1.165) is 49.0 Å². The minimum absolute atomic E-state index is 0.104. The van der Waals surface area contributed by atoms with Crippen molar-refractivity contribution >= 4 is 33.1 Å². The number of carbonyl (C=O) groups excluding carboxylic acids is 1. The number of fused-ring (bicyclic) bond motifs is 2. The number of aryl methyl sites for hydroxylation is 2. The second-order valence-electron chi connectivity index (χ2n) is 7.06. The normalized spacial score (nSPS) is 18.9. The zero-order valence-electron chi connectivity index (χ0n) is 14.1. The third kappa shape index (κ3) is 2.90. The molecule has 4 rings (SSSR count). The van der Waals surface area contributed by atoms with Crippen molar-refractivity contribution in [1.82, 2.24) is 9.88 Å². The van der Waals surface area contributed by atoms with Crippen molar-refractivity contribution in [2.45, 2.75) is 57.8 Å². The zero-order valence-corrected chi connectivity index (χ0v) is 15.0. The average Bonchev–Trinajstić information content (AvgIpc) is 2.85. The van der Waals surface area contributed by atoms with E-state index in [2.05, 4.69) is 6.07 Å². The number of nitrogens with two attached hydrogens (primary N) is 1. The van der Waals surface area contributed by atoms with Crippen LogP contribution in [0.2, 0.25) is 0 Å². The van der Waals surface area contributed by atoms with Gasteiger partial charge in [0.15, 0.2) is 0 Å². The first-order valence-corrected chi connectivity index (χ1v) is 10.1. The molecule has 1 amide bonds. The molecule has 2 aromatic heterocycles. The lowest BCUT2D eigenvalue weighted by Gasteiger charge is -2.19. The summed E-state index contributed by atoms with van der Waals surface area (Å²) in [7, 11) is 0. The Morgan fingerprint density at radius 3 is 2.54 bits per heavy atom. The highest BCUT2D eigenvalue weighted by molar-refractivity contribution is 7.21. The van der Waals surface area contributed by atoms with Crippen LogP contribution in [0.1, 0.15) is 65.9 Å². The molecule has 1 fully saturated rings. The van der Waals surface area contributed by atoms with Crippen LogP contribution in [0.15, 0.2) is 6.07 Å². The van der Waals surface area contributed by atoms with E-state index in [4.69, 9.17) is 10.7 Å². The maximum absolute atomic E-state index is 12.9. The van der Waals surface area contributed by atoms with E-state index >= 15 is 0 Å². The summed E-state index contributed by atoms with van der Waals surface area (Å²) in [6, 6.07) is 2.20. The summed E-state index contributed by atoms with van der Waals surface area (Å²) in [4.78, 5) is 21.4. The molecule has 2 aromatic rings. The maximum atomic E-state index is 12.9. The number of aromatic nitrogens is 1. The number of amides is 1. The summed E-state index contributed by atoms with van der Waals surface area (Å²) in [6.07, 6.45) is 10.5. The smallest absolute Gasteiger partial charge is 0.266 e. The van der Waals surface area contributed by atoms with Gasteiger partial charge in [-0.3, -0.25) is 4.79 Å². The van der Waals surface area contributed by atoms with Crippen LogP contribution in [-0.4, -0.2) is 28.9 Å². The van der Waals surface area contributed by atoms with Gasteiger partial charge in [0.05, 0.1) is 5.69 Å². The van der Waals surface area contributed by atoms with Crippen LogP contribution in [0, 0.1) is 0 Å². The van der Waals surface area contributed by atoms with E-state index in [9.17, 15) is 4.79 Å². The minimum Gasteiger partial charge on any atom is -0.397 e. The standard InChI is InChI=1S/C19H25N3OS/c20-16-14-12-13-8-4-3-5-9-15(13)21-18(14)24-17(16)19(23)22-10-6-1-2-7-11-22/h12H,1-11,20H2. The van der Waals surface area contributed by atoms with Gasteiger partial charge in [-0.2, -0.15) is 0 Å². The van der Waals surface area contributed by atoms with Crippen LogP contribution < -0.4 is 5.73 Å². The molecular weight excluding hydrogens is 318 g/mol. The fraction of sp³-hybridized carbons (Fsp3) is 0.579. The second kappa shape index (κ2) is 6.71. The number of hydrogen-bond donors (Lipinski definition) is 1. The van der Waals surface area contributed by atoms with E-state index in [1.165, 1.54) is 54.7 Å². The average molecular weight is 343 g/mol. The Kier molecular flexibility index (Phi) is 4.44. The quantitative estimate of drug-likeness (QED) is 0.791. The molecule has 4 nitrogen and oxygen atoms in total. The largest absolute Gasteiger partial charge is 0.397 e. The lowest BCUT2D eigenvalue weighted by atomic mass is 10.1. The van der Waals surface area contributed by atoms with Gasteiger partial charge in [0.2, 0.25) is 0 Å². The number of anilines is 1. The van der Waals surface area contributed by atoms with Crippen molar-refractivity contribution < 1.29 is 4.79 Å². The minimum atomic E-state index is 0.104. The summed E-state index contributed by atoms with van der Waals surface area (Å²) < 4.78 is 0. The van der Waals surface area contributed by atoms with Crippen LogP contribution in [0.25, 0.3) is 10.2 Å². The van der Waals surface area contributed by atoms with Crippen molar-refractivity contribution in [3.63, 3.8) is 0 Å². The molecule has 0 unspecified atom stereocenters. The Morgan fingerprint density at radius 1 is 1.04 bits per heavy atom. The van der Waals surface area contributed by atoms with E-state index in [0.29, 0.717) is 10.6 Å². The SMILES string of the molecule is Nc1c(C(=O)N2CCCCCC2)sc2nc3c(cc12)CCCCC3. The van der Waals surface area contributed by atoms with Gasteiger partial charge in [0, 0.05) is 24.2 Å². The Morgan fingerprint density at radius 2 is 1.75 bits per heavy atom. The van der Waals surface area contributed by atoms with Crippen molar-refractivity contribution in [1.29, 1.82) is 0 Å². The topological polar surface area (TPSA) is 59.2 Å². The summed E-state index contributed by atoms with van der Waals surface area (Å²) in [6.45, 7) is 1.72. The van der Waals surface area contributed by atoms with Crippen molar-refractivity contribution in [3.05, 3.63) is 22.2 Å². The number of likely N-dealkylation sites (tertiary alicyclic amines) is 1. The highest BCUT2D eigenvalue weighted by atomic mass is 32.1. The molecule has 24 heavy (non-hydrogen) atoms. The van der Waals surface area contributed by atoms with E-state index < -0.39 is 0 Å². The molecule has 1 saturated heterocycles. The summed E-state index contributed by atoms with van der Waals surface area (Å²) in [5.41, 5.74) is 9.57. The number of nitrogens with zero attached hydrogens (tertiary/aromatic N) is 2. The van der Waals surface area contributed by atoms with E-state index in [1.54, 1.807) is 0 Å². The third-order valence-corrected chi connectivity index (χ3v) is 6.44. The lowest BCUT2D eigenvalue weighted by molar-refractivity contribution is 0.0767. The Balaban J connectivity index is 1.71. The Hall–Kier alpha value is -1.62. The van der Waals surface area contributed by atoms with Gasteiger partial charge >= 0.3 is 0 Å². The molecule has 0 aromatic carbocycles. The summed E-state index contributed by atoms with van der Waals surface area (Å²) in [5, 5.41) is 0.985. The van der Waals surface area contributed by atoms with Gasteiger partial charge < -0.3 is 10.6 Å². The second-order valence-corrected chi connectivity index (χ2v) is 8.06. The molecule has 0 atom stereocenters. The molecule has 1 aliphatic heterocycles. The van der Waals surface area contributed by atoms with Gasteiger partial charge in [-0.1, -0.05) is 19.3 Å². The summed E-state index contributed by atoms with van der Waals surface area (Å²) >= 11 is 1.48. The number of nitrogen functional groups attached to an aromatic ring is 1. The molecule has 5 heteroatoms. The monoisotopic (exact) mass is 343 g/mol. The fourth-order valence-electron chi connectivity index (χ4n) is 3.91. The zero-order chi connectivity index (χ0) is 16.5. The first-order valence-electron chi connectivity index (χ1n) is 9.24. The number of pyridine rings is 1. The highest BCUT2D eigenvalue weighted by Gasteiger charge is 2.24.